The molecule has 2 N–H and O–H groups in total. The lowest BCUT2D eigenvalue weighted by Gasteiger charge is -2.37. The summed E-state index contributed by atoms with van der Waals surface area (Å²) in [4.78, 5) is 17.0. The van der Waals surface area contributed by atoms with Gasteiger partial charge < -0.3 is 28.6 Å². The van der Waals surface area contributed by atoms with Crippen molar-refractivity contribution < 1.29 is 40.1 Å². The van der Waals surface area contributed by atoms with Crippen LogP contribution in [0.25, 0.3) is 33.4 Å². The number of rotatable bonds is 12. The van der Waals surface area contributed by atoms with Crippen LogP contribution in [0.1, 0.15) is 48.5 Å². The van der Waals surface area contributed by atoms with Gasteiger partial charge in [0.1, 0.15) is 45.6 Å². The summed E-state index contributed by atoms with van der Waals surface area (Å²) in [7, 11) is -8.19. The molecule has 3 aromatic carbocycles. The smallest absolute Gasteiger partial charge is 0.410 e. The van der Waals surface area contributed by atoms with E-state index in [1.54, 1.807) is 37.8 Å². The van der Waals surface area contributed by atoms with Crippen LogP contribution >= 0.6 is 0 Å². The lowest BCUT2D eigenvalue weighted by molar-refractivity contribution is 0.0240. The molecule has 1 saturated heterocycles. The van der Waals surface area contributed by atoms with E-state index in [0.717, 1.165) is 37.2 Å². The summed E-state index contributed by atoms with van der Waals surface area (Å²) in [6.07, 6.45) is -0.413. The maximum absolute atomic E-state index is 14.1. The average Bonchev–Trinajstić information content (AvgIpc) is 3.19. The van der Waals surface area contributed by atoms with Gasteiger partial charge >= 0.3 is 6.09 Å². The van der Waals surface area contributed by atoms with Gasteiger partial charge in [0.25, 0.3) is 20.1 Å². The molecule has 316 valence electrons. The van der Waals surface area contributed by atoms with Crippen molar-refractivity contribution in [2.75, 3.05) is 74.0 Å². The Morgan fingerprint density at radius 2 is 1.56 bits per heavy atom. The van der Waals surface area contributed by atoms with Crippen molar-refractivity contribution in [3.8, 4) is 28.2 Å². The Bertz CT molecular complexity index is 2620. The molecule has 0 spiro atoms. The highest BCUT2D eigenvalue weighted by atomic mass is 32.2. The van der Waals surface area contributed by atoms with Crippen molar-refractivity contribution in [1.29, 1.82) is 0 Å². The van der Waals surface area contributed by atoms with Crippen LogP contribution in [-0.4, -0.2) is 97.5 Å². The van der Waals surface area contributed by atoms with Crippen molar-refractivity contribution in [3.63, 3.8) is 0 Å². The molecule has 0 bridgehead atoms. The first kappa shape index (κ1) is 43.3. The Morgan fingerprint density at radius 1 is 0.864 bits per heavy atom. The predicted octanol–water partition coefficient (Wildman–Crippen LogP) is 6.98. The van der Waals surface area contributed by atoms with E-state index in [1.807, 2.05) is 41.3 Å². The van der Waals surface area contributed by atoms with E-state index >= 15 is 0 Å². The highest BCUT2D eigenvalue weighted by Crippen LogP contribution is 2.42. The van der Waals surface area contributed by atoms with Crippen LogP contribution < -0.4 is 29.2 Å². The van der Waals surface area contributed by atoms with E-state index in [9.17, 15) is 26.2 Å². The molecule has 0 atom stereocenters. The Hall–Kier alpha value is -5.32. The normalized spacial score (nSPS) is 13.8. The third-order valence-corrected chi connectivity index (χ3v) is 12.9. The van der Waals surface area contributed by atoms with Crippen LogP contribution in [-0.2, 0) is 24.9 Å². The number of benzene rings is 4. The van der Waals surface area contributed by atoms with Crippen LogP contribution in [0.3, 0.4) is 0 Å². The first-order valence-corrected chi connectivity index (χ1v) is 22.7. The lowest BCUT2D eigenvalue weighted by Crippen LogP contribution is -2.50. The number of sulfonamides is 1. The molecule has 1 aliphatic carbocycles. The molecule has 0 aromatic heterocycles. The molecule has 6 rings (SSSR count). The van der Waals surface area contributed by atoms with E-state index < -0.39 is 41.6 Å². The van der Waals surface area contributed by atoms with E-state index in [4.69, 9.17) is 13.9 Å². The zero-order valence-corrected chi connectivity index (χ0v) is 36.5. The minimum atomic E-state index is -5.08. The van der Waals surface area contributed by atoms with Crippen molar-refractivity contribution in [1.82, 2.24) is 9.48 Å². The number of hydrogen-bond acceptors (Lipinski definition) is 10. The second-order valence-electron chi connectivity index (χ2n) is 15.3. The number of nitrogens with zero attached hydrogens (tertiary/aromatic N) is 4. The molecule has 1 fully saturated rings. The maximum Gasteiger partial charge on any atom is 0.410 e. The topological polar surface area (TPSA) is 162 Å². The van der Waals surface area contributed by atoms with Crippen LogP contribution in [0.15, 0.2) is 87.0 Å². The number of methoxy groups -OCH3 is 1. The van der Waals surface area contributed by atoms with Crippen molar-refractivity contribution in [3.05, 3.63) is 78.2 Å². The van der Waals surface area contributed by atoms with Gasteiger partial charge in [-0.05, 0) is 103 Å². The van der Waals surface area contributed by atoms with Gasteiger partial charge in [-0.25, -0.2) is 17.8 Å². The fourth-order valence-electron chi connectivity index (χ4n) is 7.50. The Morgan fingerprint density at radius 3 is 2.17 bits per heavy atom. The van der Waals surface area contributed by atoms with Gasteiger partial charge in [-0.1, -0.05) is 6.07 Å². The Kier molecular flexibility index (Phi) is 12.5. The van der Waals surface area contributed by atoms with Gasteiger partial charge in [0, 0.05) is 73.6 Å². The first-order chi connectivity index (χ1) is 27.9. The molecule has 2 heterocycles. The van der Waals surface area contributed by atoms with Gasteiger partial charge in [0.05, 0.1) is 24.6 Å². The van der Waals surface area contributed by atoms with Crippen molar-refractivity contribution in [2.24, 2.45) is 0 Å². The van der Waals surface area contributed by atoms with Gasteiger partial charge in [-0.15, -0.1) is 0 Å². The van der Waals surface area contributed by atoms with Gasteiger partial charge in [0.15, 0.2) is 0 Å². The zero-order chi connectivity index (χ0) is 42.9. The van der Waals surface area contributed by atoms with Crippen LogP contribution in [0.4, 0.5) is 21.9 Å². The number of carbonyl (C=O) groups is 1. The molecule has 0 radical (unpaired) electrons. The standard InChI is InChI=1S/C43H53N5O9S2/c1-9-45(10-2)31-15-17-33-37(27-31)56-38-28-32(46(11-3)12-4)16-18-34(38)41(33)29-13-20-39(40(25-29)59(52,53)54)58(50,51)44-30-14-19-36(55-8)35(26-30)47-21-23-48(24-22-47)42(49)57-43(5,6)7/h13-20,25-28,44H,9-12,21-24H2,1-8H3/p+1. The quantitative estimate of drug-likeness (QED) is 0.0758. The molecule has 0 saturated carbocycles. The summed E-state index contributed by atoms with van der Waals surface area (Å²) in [6.45, 7) is 18.4. The lowest BCUT2D eigenvalue weighted by atomic mass is 9.93. The molecular weight excluding hydrogens is 795 g/mol. The number of hydrogen-bond donors (Lipinski definition) is 2. The van der Waals surface area contributed by atoms with E-state index in [-0.39, 0.29) is 5.69 Å². The fraction of sp³-hybridized carbons (Fsp3) is 0.395. The van der Waals surface area contributed by atoms with Crippen LogP contribution in [0.2, 0.25) is 0 Å². The van der Waals surface area contributed by atoms with Crippen molar-refractivity contribution >= 4 is 54.3 Å². The van der Waals surface area contributed by atoms with E-state index in [2.05, 4.69) is 41.9 Å². The van der Waals surface area contributed by atoms with Gasteiger partial charge in [0.2, 0.25) is 5.36 Å². The van der Waals surface area contributed by atoms with E-state index in [0.29, 0.717) is 71.0 Å². The number of anilines is 3. The number of nitrogens with one attached hydrogen (secondary N) is 1. The molecule has 59 heavy (non-hydrogen) atoms. The number of amides is 1. The largest absolute Gasteiger partial charge is 0.495 e. The zero-order valence-electron chi connectivity index (χ0n) is 34.9. The first-order valence-electron chi connectivity index (χ1n) is 19.8. The maximum atomic E-state index is 14.1. The number of piperazine rings is 1. The second kappa shape index (κ2) is 17.1. The summed E-state index contributed by atoms with van der Waals surface area (Å²) in [5, 5.41) is 1.63. The number of carbonyl (C=O) groups excluding carboxylic acids is 1. The highest BCUT2D eigenvalue weighted by molar-refractivity contribution is 7.94. The monoisotopic (exact) mass is 848 g/mol. The number of fused-ring (bicyclic) bond motifs is 2. The molecule has 1 amide bonds. The van der Waals surface area contributed by atoms with Crippen LogP contribution in [0, 0.1) is 0 Å². The molecule has 14 nitrogen and oxygen atoms in total. The van der Waals surface area contributed by atoms with Crippen LogP contribution in [0.5, 0.6) is 5.75 Å². The summed E-state index contributed by atoms with van der Waals surface area (Å²) >= 11 is 0. The highest BCUT2D eigenvalue weighted by Gasteiger charge is 2.30. The SMILES string of the molecule is CCN(CC)c1ccc2c(-c3ccc(S(=O)(=O)Nc4ccc(OC)c(N5CCN(C(=O)OC(C)(C)C)CC5)c4)c(S(=O)(=O)O)c3)c3ccc(=[N+](CC)CC)cc-3oc2c1. The van der Waals surface area contributed by atoms with E-state index in [1.165, 1.54) is 31.4 Å². The Balaban J connectivity index is 1.41. The molecule has 2 aliphatic heterocycles. The van der Waals surface area contributed by atoms with Gasteiger partial charge in [-0.2, -0.15) is 8.42 Å². The number of ether oxygens (including phenoxy) is 2. The molecule has 16 heteroatoms. The molecule has 3 aromatic rings. The minimum Gasteiger partial charge on any atom is -0.495 e. The molecular formula is C43H54N5O9S2+. The summed E-state index contributed by atoms with van der Waals surface area (Å²) < 4.78 is 87.4. The fourth-order valence-corrected chi connectivity index (χ4v) is 9.87. The molecule has 3 aliphatic rings. The minimum absolute atomic E-state index is 0.135. The third-order valence-electron chi connectivity index (χ3n) is 10.4. The summed E-state index contributed by atoms with van der Waals surface area (Å²) in [5.41, 5.74) is 3.24. The third kappa shape index (κ3) is 9.29. The second-order valence-corrected chi connectivity index (χ2v) is 18.3. The summed E-state index contributed by atoms with van der Waals surface area (Å²) in [6, 6.07) is 20.3. The summed E-state index contributed by atoms with van der Waals surface area (Å²) in [5.74, 6) is 1.03. The Labute approximate surface area is 346 Å². The van der Waals surface area contributed by atoms with Crippen molar-refractivity contribution in [2.45, 2.75) is 63.9 Å². The van der Waals surface area contributed by atoms with Gasteiger partial charge in [-0.3, -0.25) is 9.27 Å². The molecule has 0 unspecified atom stereocenters. The average molecular weight is 849 g/mol. The predicted molar refractivity (Wildman–Crippen MR) is 232 cm³/mol.